The summed E-state index contributed by atoms with van der Waals surface area (Å²) in [7, 11) is 0. The number of fused-ring (bicyclic) bond motifs is 1. The second-order valence-corrected chi connectivity index (χ2v) is 6.44. The highest BCUT2D eigenvalue weighted by atomic mass is 16.3. The van der Waals surface area contributed by atoms with Gasteiger partial charge in [0.1, 0.15) is 0 Å². The van der Waals surface area contributed by atoms with Crippen LogP contribution in [0.5, 0.6) is 0 Å². The molecule has 0 aromatic carbocycles. The van der Waals surface area contributed by atoms with E-state index in [1.54, 1.807) is 0 Å². The molecule has 2 aliphatic rings. The highest BCUT2D eigenvalue weighted by molar-refractivity contribution is 5.14. The standard InChI is InChI=1S/C15H26O/c1-10(2)15(16)8-7-12(4)13-6-5-11(3)9-14(13)15/h10-11,13-14,16H,4-9H2,1-3H3. The fourth-order valence-corrected chi connectivity index (χ4v) is 3.87. The van der Waals surface area contributed by atoms with Crippen LogP contribution in [0.1, 0.15) is 52.9 Å². The zero-order valence-corrected chi connectivity index (χ0v) is 11.0. The smallest absolute Gasteiger partial charge is 0.0707 e. The lowest BCUT2D eigenvalue weighted by Gasteiger charge is -2.51. The Balaban J connectivity index is 2.26. The summed E-state index contributed by atoms with van der Waals surface area (Å²) in [5, 5.41) is 10.9. The maximum absolute atomic E-state index is 10.9. The Morgan fingerprint density at radius 2 is 2.06 bits per heavy atom. The predicted octanol–water partition coefficient (Wildman–Crippen LogP) is 3.78. The van der Waals surface area contributed by atoms with Crippen molar-refractivity contribution >= 4 is 0 Å². The molecule has 0 saturated heterocycles. The van der Waals surface area contributed by atoms with Gasteiger partial charge in [-0.2, -0.15) is 0 Å². The van der Waals surface area contributed by atoms with E-state index in [0.29, 0.717) is 17.8 Å². The maximum atomic E-state index is 10.9. The minimum Gasteiger partial charge on any atom is -0.389 e. The van der Waals surface area contributed by atoms with E-state index in [9.17, 15) is 5.11 Å². The molecule has 1 N–H and O–H groups in total. The zero-order chi connectivity index (χ0) is 11.9. The minimum absolute atomic E-state index is 0.374. The number of aliphatic hydroxyl groups is 1. The molecular weight excluding hydrogens is 196 g/mol. The van der Waals surface area contributed by atoms with Crippen molar-refractivity contribution in [1.29, 1.82) is 0 Å². The third kappa shape index (κ3) is 1.84. The van der Waals surface area contributed by atoms with Crippen molar-refractivity contribution in [3.8, 4) is 0 Å². The van der Waals surface area contributed by atoms with Gasteiger partial charge in [0.2, 0.25) is 0 Å². The number of hydrogen-bond donors (Lipinski definition) is 1. The van der Waals surface area contributed by atoms with Crippen LogP contribution in [0.2, 0.25) is 0 Å². The number of hydrogen-bond acceptors (Lipinski definition) is 1. The van der Waals surface area contributed by atoms with Crippen LogP contribution in [-0.2, 0) is 0 Å². The van der Waals surface area contributed by atoms with E-state index in [0.717, 1.165) is 18.8 Å². The van der Waals surface area contributed by atoms with Crippen molar-refractivity contribution in [3.63, 3.8) is 0 Å². The molecule has 2 rings (SSSR count). The van der Waals surface area contributed by atoms with Crippen molar-refractivity contribution in [3.05, 3.63) is 12.2 Å². The summed E-state index contributed by atoms with van der Waals surface area (Å²) in [6, 6.07) is 0. The van der Waals surface area contributed by atoms with Crippen LogP contribution in [0.15, 0.2) is 12.2 Å². The Bertz CT molecular complexity index is 281. The molecule has 0 aromatic heterocycles. The van der Waals surface area contributed by atoms with E-state index in [2.05, 4.69) is 27.4 Å². The molecule has 1 heteroatoms. The van der Waals surface area contributed by atoms with Crippen LogP contribution in [0, 0.1) is 23.7 Å². The van der Waals surface area contributed by atoms with Gasteiger partial charge < -0.3 is 5.11 Å². The van der Waals surface area contributed by atoms with Crippen LogP contribution in [0.25, 0.3) is 0 Å². The second-order valence-electron chi connectivity index (χ2n) is 6.44. The van der Waals surface area contributed by atoms with Gasteiger partial charge in [-0.3, -0.25) is 0 Å². The van der Waals surface area contributed by atoms with Gasteiger partial charge in [0, 0.05) is 0 Å². The van der Waals surface area contributed by atoms with E-state index < -0.39 is 5.60 Å². The Kier molecular flexibility index (Phi) is 3.18. The maximum Gasteiger partial charge on any atom is 0.0707 e. The summed E-state index contributed by atoms with van der Waals surface area (Å²) in [4.78, 5) is 0. The molecule has 0 aliphatic heterocycles. The zero-order valence-electron chi connectivity index (χ0n) is 11.0. The van der Waals surface area contributed by atoms with E-state index >= 15 is 0 Å². The molecule has 0 amide bonds. The molecule has 2 fully saturated rings. The molecule has 4 atom stereocenters. The molecular formula is C15H26O. The lowest BCUT2D eigenvalue weighted by atomic mass is 9.57. The first-order valence-corrected chi connectivity index (χ1v) is 6.85. The van der Waals surface area contributed by atoms with Crippen LogP contribution < -0.4 is 0 Å². The second kappa shape index (κ2) is 4.18. The average Bonchev–Trinajstić information content (AvgIpc) is 2.23. The first-order chi connectivity index (χ1) is 7.45. The lowest BCUT2D eigenvalue weighted by molar-refractivity contribution is -0.110. The first kappa shape index (κ1) is 12.2. The van der Waals surface area contributed by atoms with Crippen LogP contribution in [-0.4, -0.2) is 10.7 Å². The van der Waals surface area contributed by atoms with Crippen molar-refractivity contribution in [2.75, 3.05) is 0 Å². The Morgan fingerprint density at radius 1 is 1.38 bits per heavy atom. The van der Waals surface area contributed by atoms with Crippen LogP contribution >= 0.6 is 0 Å². The van der Waals surface area contributed by atoms with Gasteiger partial charge in [0.05, 0.1) is 5.60 Å². The molecule has 92 valence electrons. The minimum atomic E-state index is -0.430. The van der Waals surface area contributed by atoms with Crippen molar-refractivity contribution < 1.29 is 5.11 Å². The molecule has 16 heavy (non-hydrogen) atoms. The molecule has 0 bridgehead atoms. The van der Waals surface area contributed by atoms with Gasteiger partial charge >= 0.3 is 0 Å². The van der Waals surface area contributed by atoms with Gasteiger partial charge in [-0.25, -0.2) is 0 Å². The molecule has 4 unspecified atom stereocenters. The largest absolute Gasteiger partial charge is 0.389 e. The van der Waals surface area contributed by atoms with Gasteiger partial charge in [-0.05, 0) is 49.4 Å². The van der Waals surface area contributed by atoms with E-state index in [4.69, 9.17) is 0 Å². The summed E-state index contributed by atoms with van der Waals surface area (Å²) in [5.41, 5.74) is 0.975. The Morgan fingerprint density at radius 3 is 2.69 bits per heavy atom. The monoisotopic (exact) mass is 222 g/mol. The average molecular weight is 222 g/mol. The van der Waals surface area contributed by atoms with Gasteiger partial charge in [0.25, 0.3) is 0 Å². The third-order valence-corrected chi connectivity index (χ3v) is 5.13. The lowest BCUT2D eigenvalue weighted by Crippen LogP contribution is -2.51. The molecule has 1 nitrogen and oxygen atoms in total. The number of allylic oxidation sites excluding steroid dienone is 1. The molecule has 0 heterocycles. The molecule has 0 radical (unpaired) electrons. The fraction of sp³-hybridized carbons (Fsp3) is 0.867. The van der Waals surface area contributed by atoms with Gasteiger partial charge in [-0.1, -0.05) is 39.3 Å². The van der Waals surface area contributed by atoms with Crippen molar-refractivity contribution in [2.45, 2.75) is 58.5 Å². The third-order valence-electron chi connectivity index (χ3n) is 5.13. The predicted molar refractivity (Wildman–Crippen MR) is 68.2 cm³/mol. The van der Waals surface area contributed by atoms with Crippen molar-refractivity contribution in [1.82, 2.24) is 0 Å². The molecule has 0 aromatic rings. The first-order valence-electron chi connectivity index (χ1n) is 6.85. The quantitative estimate of drug-likeness (QED) is 0.669. The topological polar surface area (TPSA) is 20.2 Å². The van der Waals surface area contributed by atoms with Gasteiger partial charge in [-0.15, -0.1) is 0 Å². The molecule has 2 saturated carbocycles. The summed E-state index contributed by atoms with van der Waals surface area (Å²) in [6.07, 6.45) is 5.72. The normalized spacial score (nSPS) is 44.6. The Hall–Kier alpha value is -0.300. The van der Waals surface area contributed by atoms with Crippen molar-refractivity contribution in [2.24, 2.45) is 23.7 Å². The van der Waals surface area contributed by atoms with Crippen LogP contribution in [0.3, 0.4) is 0 Å². The van der Waals surface area contributed by atoms with E-state index in [-0.39, 0.29) is 0 Å². The summed E-state index contributed by atoms with van der Waals surface area (Å²) >= 11 is 0. The summed E-state index contributed by atoms with van der Waals surface area (Å²) in [6.45, 7) is 10.9. The van der Waals surface area contributed by atoms with Gasteiger partial charge in [0.15, 0.2) is 0 Å². The highest BCUT2D eigenvalue weighted by Crippen LogP contribution is 2.51. The Labute approximate surface area is 99.9 Å². The van der Waals surface area contributed by atoms with E-state index in [1.807, 2.05) is 0 Å². The molecule has 0 spiro atoms. The summed E-state index contributed by atoms with van der Waals surface area (Å²) in [5.74, 6) is 2.21. The number of rotatable bonds is 1. The molecule has 2 aliphatic carbocycles. The van der Waals surface area contributed by atoms with E-state index in [1.165, 1.54) is 24.8 Å². The highest BCUT2D eigenvalue weighted by Gasteiger charge is 2.48. The fourth-order valence-electron chi connectivity index (χ4n) is 3.87. The SMILES string of the molecule is C=C1CCC(O)(C(C)C)C2CC(C)CCC12. The van der Waals surface area contributed by atoms with Crippen LogP contribution in [0.4, 0.5) is 0 Å². The summed E-state index contributed by atoms with van der Waals surface area (Å²) < 4.78 is 0.